The number of halogens is 1. The Balaban J connectivity index is 2.00. The fraction of sp³-hybridized carbons (Fsp3) is 0.312. The number of nitrogens with zero attached hydrogens (tertiary/aromatic N) is 5. The Bertz CT molecular complexity index is 741. The first-order valence-corrected chi connectivity index (χ1v) is 7.89. The minimum absolute atomic E-state index is 0.0307. The molecule has 6 heteroatoms. The van der Waals surface area contributed by atoms with E-state index in [4.69, 9.17) is 10.4 Å². The molecule has 5 nitrogen and oxygen atoms in total. The van der Waals surface area contributed by atoms with Gasteiger partial charge in [-0.25, -0.2) is 0 Å². The van der Waals surface area contributed by atoms with Crippen LogP contribution in [0.1, 0.15) is 19.0 Å². The summed E-state index contributed by atoms with van der Waals surface area (Å²) in [6.45, 7) is 2.11. The van der Waals surface area contributed by atoms with E-state index in [2.05, 4.69) is 34.0 Å². The molecule has 2 aromatic rings. The van der Waals surface area contributed by atoms with E-state index in [1.807, 2.05) is 48.6 Å². The largest absolute Gasteiger partial charge is 0.275 e. The van der Waals surface area contributed by atoms with Gasteiger partial charge < -0.3 is 0 Å². The van der Waals surface area contributed by atoms with Crippen molar-refractivity contribution in [1.29, 1.82) is 5.26 Å². The number of aryl methyl sites for hydroxylation is 1. The molecule has 0 fully saturated rings. The van der Waals surface area contributed by atoms with Crippen molar-refractivity contribution < 1.29 is 0 Å². The second-order valence-electron chi connectivity index (χ2n) is 5.40. The zero-order chi connectivity index (χ0) is 15.7. The summed E-state index contributed by atoms with van der Waals surface area (Å²) in [4.78, 5) is 0. The zero-order valence-corrected chi connectivity index (χ0v) is 14.0. The monoisotopic (exact) mass is 357 g/mol. The van der Waals surface area contributed by atoms with Gasteiger partial charge in [-0.15, -0.1) is 0 Å². The molecular weight excluding hydrogens is 342 g/mol. The van der Waals surface area contributed by atoms with Gasteiger partial charge in [-0.05, 0) is 30.3 Å². The van der Waals surface area contributed by atoms with Crippen LogP contribution in [0.4, 0.5) is 5.69 Å². The molecule has 0 radical (unpaired) electrons. The van der Waals surface area contributed by atoms with Crippen molar-refractivity contribution in [3.63, 3.8) is 0 Å². The predicted molar refractivity (Wildman–Crippen MR) is 89.5 cm³/mol. The van der Waals surface area contributed by atoms with Gasteiger partial charge in [0.15, 0.2) is 0 Å². The van der Waals surface area contributed by atoms with E-state index in [1.165, 1.54) is 0 Å². The summed E-state index contributed by atoms with van der Waals surface area (Å²) in [7, 11) is 1.89. The maximum absolute atomic E-state index is 9.16. The van der Waals surface area contributed by atoms with Gasteiger partial charge in [0, 0.05) is 23.6 Å². The number of hydrogen-bond donors (Lipinski definition) is 0. The molecule has 0 amide bonds. The van der Waals surface area contributed by atoms with Crippen molar-refractivity contribution in [3.05, 3.63) is 46.7 Å². The van der Waals surface area contributed by atoms with Crippen LogP contribution in [0.15, 0.2) is 46.1 Å². The molecular formula is C16H16BrN5. The van der Waals surface area contributed by atoms with Gasteiger partial charge in [0.1, 0.15) is 5.69 Å². The predicted octanol–water partition coefficient (Wildman–Crippen LogP) is 3.33. The summed E-state index contributed by atoms with van der Waals surface area (Å²) < 4.78 is 2.79. The number of nitriles is 1. The van der Waals surface area contributed by atoms with Crippen molar-refractivity contribution in [2.24, 2.45) is 18.1 Å². The first-order chi connectivity index (χ1) is 10.6. The van der Waals surface area contributed by atoms with Crippen LogP contribution >= 0.6 is 15.9 Å². The summed E-state index contributed by atoms with van der Waals surface area (Å²) in [5.74, 6) is 0.151. The van der Waals surface area contributed by atoms with E-state index in [0.29, 0.717) is 6.42 Å². The third-order valence-electron chi connectivity index (χ3n) is 3.91. The average molecular weight is 358 g/mol. The van der Waals surface area contributed by atoms with Gasteiger partial charge in [-0.3, -0.25) is 9.69 Å². The summed E-state index contributed by atoms with van der Waals surface area (Å²) in [5.41, 5.74) is 2.79. The Morgan fingerprint density at radius 3 is 2.59 bits per heavy atom. The van der Waals surface area contributed by atoms with E-state index in [1.54, 1.807) is 4.68 Å². The summed E-state index contributed by atoms with van der Waals surface area (Å²) in [6.07, 6.45) is 2.34. The molecule has 1 aliphatic rings. The third-order valence-corrected chi connectivity index (χ3v) is 4.43. The number of rotatable bonds is 3. The maximum atomic E-state index is 9.16. The molecule has 22 heavy (non-hydrogen) atoms. The van der Waals surface area contributed by atoms with Crippen LogP contribution in [0.25, 0.3) is 0 Å². The van der Waals surface area contributed by atoms with Crippen LogP contribution in [0.3, 0.4) is 0 Å². The highest BCUT2D eigenvalue weighted by molar-refractivity contribution is 9.10. The van der Waals surface area contributed by atoms with Crippen molar-refractivity contribution in [1.82, 2.24) is 9.78 Å². The van der Waals surface area contributed by atoms with Crippen LogP contribution in [0.5, 0.6) is 0 Å². The van der Waals surface area contributed by atoms with Crippen molar-refractivity contribution in [2.75, 3.05) is 5.01 Å². The lowest BCUT2D eigenvalue weighted by Crippen LogP contribution is -2.31. The number of anilines is 1. The molecule has 0 aliphatic carbocycles. The number of benzene rings is 1. The molecule has 1 aromatic heterocycles. The van der Waals surface area contributed by atoms with Crippen molar-refractivity contribution in [2.45, 2.75) is 19.4 Å². The van der Waals surface area contributed by atoms with Crippen LogP contribution in [0, 0.1) is 17.2 Å². The Hall–Kier alpha value is -2.13. The molecule has 2 heterocycles. The molecule has 1 aromatic carbocycles. The first kappa shape index (κ1) is 14.8. The van der Waals surface area contributed by atoms with Crippen LogP contribution in [-0.4, -0.2) is 21.5 Å². The van der Waals surface area contributed by atoms with E-state index in [-0.39, 0.29) is 12.0 Å². The van der Waals surface area contributed by atoms with Gasteiger partial charge in [0.25, 0.3) is 0 Å². The maximum Gasteiger partial charge on any atom is 0.109 e. The molecule has 0 saturated carbocycles. The number of aromatic nitrogens is 2. The van der Waals surface area contributed by atoms with Crippen LogP contribution in [-0.2, 0) is 7.05 Å². The first-order valence-electron chi connectivity index (χ1n) is 7.10. The molecule has 2 unspecified atom stereocenters. The number of hydrogen-bond acceptors (Lipinski definition) is 4. The van der Waals surface area contributed by atoms with Gasteiger partial charge in [-0.2, -0.15) is 15.5 Å². The second-order valence-corrected chi connectivity index (χ2v) is 6.31. The fourth-order valence-corrected chi connectivity index (χ4v) is 2.98. The highest BCUT2D eigenvalue weighted by Crippen LogP contribution is 2.32. The Kier molecular flexibility index (Phi) is 3.99. The van der Waals surface area contributed by atoms with Crippen molar-refractivity contribution in [3.8, 4) is 6.07 Å². The lowest BCUT2D eigenvalue weighted by Gasteiger charge is -2.24. The SMILES string of the molecule is CC1C(c2ccn(C)n2)=NN(c2ccc(Br)cc2)C1CC#N. The number of hydrazone groups is 1. The normalized spacial score (nSPS) is 20.8. The third kappa shape index (κ3) is 2.64. The van der Waals surface area contributed by atoms with E-state index >= 15 is 0 Å². The second kappa shape index (κ2) is 5.93. The van der Waals surface area contributed by atoms with Gasteiger partial charge in [0.05, 0.1) is 29.9 Å². The topological polar surface area (TPSA) is 57.2 Å². The van der Waals surface area contributed by atoms with Crippen LogP contribution < -0.4 is 5.01 Å². The fourth-order valence-electron chi connectivity index (χ4n) is 2.71. The minimum Gasteiger partial charge on any atom is -0.275 e. The molecule has 2 atom stereocenters. The lowest BCUT2D eigenvalue weighted by atomic mass is 9.93. The lowest BCUT2D eigenvalue weighted by molar-refractivity contribution is 0.567. The Labute approximate surface area is 138 Å². The molecule has 0 saturated heterocycles. The summed E-state index contributed by atoms with van der Waals surface area (Å²) in [6, 6.07) is 12.3. The Morgan fingerprint density at radius 2 is 2.00 bits per heavy atom. The standard InChI is InChI=1S/C16H16BrN5/c1-11-15(7-9-18)22(13-5-3-12(17)4-6-13)20-16(11)14-8-10-21(2)19-14/h3-6,8,10-11,15H,7H2,1-2H3. The Morgan fingerprint density at radius 1 is 1.27 bits per heavy atom. The van der Waals surface area contributed by atoms with E-state index in [9.17, 15) is 0 Å². The summed E-state index contributed by atoms with van der Waals surface area (Å²) in [5, 5.41) is 20.3. The highest BCUT2D eigenvalue weighted by atomic mass is 79.9. The smallest absolute Gasteiger partial charge is 0.109 e. The van der Waals surface area contributed by atoms with Gasteiger partial charge in [-0.1, -0.05) is 22.9 Å². The average Bonchev–Trinajstić information content (AvgIpc) is 3.06. The summed E-state index contributed by atoms with van der Waals surface area (Å²) >= 11 is 3.44. The highest BCUT2D eigenvalue weighted by Gasteiger charge is 2.36. The van der Waals surface area contributed by atoms with Gasteiger partial charge in [0.2, 0.25) is 0 Å². The van der Waals surface area contributed by atoms with E-state index in [0.717, 1.165) is 21.6 Å². The molecule has 112 valence electrons. The quantitative estimate of drug-likeness (QED) is 0.846. The molecule has 0 N–H and O–H groups in total. The van der Waals surface area contributed by atoms with E-state index < -0.39 is 0 Å². The molecule has 0 spiro atoms. The molecule has 0 bridgehead atoms. The molecule has 1 aliphatic heterocycles. The zero-order valence-electron chi connectivity index (χ0n) is 12.4. The van der Waals surface area contributed by atoms with Crippen molar-refractivity contribution >= 4 is 27.3 Å². The molecule has 3 rings (SSSR count). The van der Waals surface area contributed by atoms with Crippen LogP contribution in [0.2, 0.25) is 0 Å². The van der Waals surface area contributed by atoms with Gasteiger partial charge >= 0.3 is 0 Å². The minimum atomic E-state index is 0.0307.